The molecule has 2 aromatic rings. The van der Waals surface area contributed by atoms with Crippen LogP contribution in [0.5, 0.6) is 0 Å². The Bertz CT molecular complexity index is 522. The van der Waals surface area contributed by atoms with Gasteiger partial charge in [0.05, 0.1) is 0 Å². The Balaban J connectivity index is 1.94. The minimum Gasteiger partial charge on any atom is -0.431 e. The maximum Gasteiger partial charge on any atom is 0.292 e. The zero-order valence-corrected chi connectivity index (χ0v) is 8.81. The van der Waals surface area contributed by atoms with Crippen LogP contribution in [0.3, 0.4) is 0 Å². The van der Waals surface area contributed by atoms with Crippen LogP contribution in [0.25, 0.3) is 0 Å². The Morgan fingerprint density at radius 2 is 2.12 bits per heavy atom. The summed E-state index contributed by atoms with van der Waals surface area (Å²) in [5.41, 5.74) is 6.14. The van der Waals surface area contributed by atoms with Crippen LogP contribution in [-0.4, -0.2) is 10.9 Å². The van der Waals surface area contributed by atoms with Crippen LogP contribution in [0.2, 0.25) is 0 Å². The summed E-state index contributed by atoms with van der Waals surface area (Å²) in [6, 6.07) is 5.78. The van der Waals surface area contributed by atoms with Crippen LogP contribution in [0.15, 0.2) is 34.9 Å². The topological polar surface area (TPSA) is 81.1 Å². The predicted octanol–water partition coefficient (Wildman–Crippen LogP) is 1.33. The van der Waals surface area contributed by atoms with Crippen LogP contribution < -0.4 is 11.1 Å². The number of anilines is 1. The number of nitrogens with one attached hydrogen (secondary N) is 1. The highest BCUT2D eigenvalue weighted by Crippen LogP contribution is 2.05. The van der Waals surface area contributed by atoms with Crippen LogP contribution >= 0.6 is 0 Å². The molecule has 5 nitrogen and oxygen atoms in total. The lowest BCUT2D eigenvalue weighted by Crippen LogP contribution is -2.23. The number of aromatic nitrogens is 1. The van der Waals surface area contributed by atoms with E-state index in [0.29, 0.717) is 0 Å². The van der Waals surface area contributed by atoms with E-state index in [-0.39, 0.29) is 24.1 Å². The molecule has 1 amide bonds. The van der Waals surface area contributed by atoms with Crippen molar-refractivity contribution in [3.8, 4) is 0 Å². The molecular formula is C11H10FN3O2. The van der Waals surface area contributed by atoms with Gasteiger partial charge in [-0.3, -0.25) is 4.79 Å². The highest BCUT2D eigenvalue weighted by atomic mass is 19.1. The zero-order chi connectivity index (χ0) is 12.3. The van der Waals surface area contributed by atoms with E-state index >= 15 is 0 Å². The smallest absolute Gasteiger partial charge is 0.292 e. The molecule has 0 aliphatic heterocycles. The lowest BCUT2D eigenvalue weighted by molar-refractivity contribution is 0.0946. The van der Waals surface area contributed by atoms with Gasteiger partial charge in [0.25, 0.3) is 11.9 Å². The van der Waals surface area contributed by atoms with Gasteiger partial charge in [-0.2, -0.15) is 4.98 Å². The van der Waals surface area contributed by atoms with Crippen molar-refractivity contribution in [1.29, 1.82) is 0 Å². The number of carbonyl (C=O) groups is 1. The largest absolute Gasteiger partial charge is 0.431 e. The van der Waals surface area contributed by atoms with E-state index in [2.05, 4.69) is 10.3 Å². The summed E-state index contributed by atoms with van der Waals surface area (Å²) in [6.45, 7) is 0.284. The first-order chi connectivity index (χ1) is 8.15. The number of rotatable bonds is 3. The van der Waals surface area contributed by atoms with Crippen molar-refractivity contribution >= 4 is 11.9 Å². The summed E-state index contributed by atoms with van der Waals surface area (Å²) in [7, 11) is 0. The monoisotopic (exact) mass is 235 g/mol. The van der Waals surface area contributed by atoms with Gasteiger partial charge < -0.3 is 15.5 Å². The number of halogens is 1. The number of nitrogens with two attached hydrogens (primary N) is 1. The minimum atomic E-state index is -0.394. The molecule has 6 heteroatoms. The summed E-state index contributed by atoms with van der Waals surface area (Å²) >= 11 is 0. The normalized spacial score (nSPS) is 10.2. The first-order valence-electron chi connectivity index (χ1n) is 4.89. The molecule has 17 heavy (non-hydrogen) atoms. The van der Waals surface area contributed by atoms with Gasteiger partial charge in [0.2, 0.25) is 0 Å². The lowest BCUT2D eigenvalue weighted by Gasteiger charge is -2.02. The molecule has 0 bridgehead atoms. The molecule has 0 unspecified atom stereocenters. The highest BCUT2D eigenvalue weighted by molar-refractivity contribution is 5.92. The van der Waals surface area contributed by atoms with Crippen molar-refractivity contribution in [1.82, 2.24) is 10.3 Å². The van der Waals surface area contributed by atoms with Gasteiger partial charge in [-0.1, -0.05) is 12.1 Å². The second-order valence-electron chi connectivity index (χ2n) is 3.38. The number of benzene rings is 1. The third-order valence-electron chi connectivity index (χ3n) is 2.12. The molecule has 2 rings (SSSR count). The molecule has 0 radical (unpaired) electrons. The fraction of sp³-hybridized carbons (Fsp3) is 0.0909. The Kier molecular flexibility index (Phi) is 3.04. The van der Waals surface area contributed by atoms with Crippen molar-refractivity contribution in [3.05, 3.63) is 47.6 Å². The van der Waals surface area contributed by atoms with E-state index in [9.17, 15) is 9.18 Å². The quantitative estimate of drug-likeness (QED) is 0.840. The third kappa shape index (κ3) is 2.81. The Labute approximate surface area is 96.4 Å². The molecule has 0 saturated heterocycles. The minimum absolute atomic E-state index is 0.0584. The van der Waals surface area contributed by atoms with Gasteiger partial charge in [-0.05, 0) is 17.7 Å². The Morgan fingerprint density at radius 1 is 1.41 bits per heavy atom. The summed E-state index contributed by atoms with van der Waals surface area (Å²) < 4.78 is 17.3. The van der Waals surface area contributed by atoms with Gasteiger partial charge >= 0.3 is 0 Å². The second kappa shape index (κ2) is 4.65. The fourth-order valence-electron chi connectivity index (χ4n) is 1.27. The predicted molar refractivity (Wildman–Crippen MR) is 58.5 cm³/mol. The van der Waals surface area contributed by atoms with Gasteiger partial charge in [-0.15, -0.1) is 0 Å². The summed E-state index contributed by atoms with van der Waals surface area (Å²) in [5, 5.41) is 2.61. The number of oxazole rings is 1. The summed E-state index contributed by atoms with van der Waals surface area (Å²) in [6.07, 6.45) is 1.18. The number of hydrogen-bond donors (Lipinski definition) is 2. The van der Waals surface area contributed by atoms with Crippen LogP contribution in [-0.2, 0) is 6.54 Å². The lowest BCUT2D eigenvalue weighted by atomic mass is 10.2. The molecule has 0 saturated carbocycles. The number of hydrogen-bond acceptors (Lipinski definition) is 4. The maximum absolute atomic E-state index is 12.6. The average Bonchev–Trinajstić information content (AvgIpc) is 2.75. The van der Waals surface area contributed by atoms with E-state index in [0.717, 1.165) is 5.56 Å². The van der Waals surface area contributed by atoms with Crippen LogP contribution in [0.1, 0.15) is 16.1 Å². The van der Waals surface area contributed by atoms with Gasteiger partial charge in [0.1, 0.15) is 12.1 Å². The first kappa shape index (κ1) is 11.1. The Morgan fingerprint density at radius 3 is 2.71 bits per heavy atom. The maximum atomic E-state index is 12.6. The van der Waals surface area contributed by atoms with Crippen molar-refractivity contribution in [2.75, 3.05) is 5.73 Å². The average molecular weight is 235 g/mol. The standard InChI is InChI=1S/C11H10FN3O2/c12-8-3-1-7(2-4-8)5-14-10(16)9-6-17-11(13)15-9/h1-4,6H,5H2,(H2,13,15)(H,14,16). The number of amides is 1. The van der Waals surface area contributed by atoms with Crippen molar-refractivity contribution in [2.45, 2.75) is 6.54 Å². The second-order valence-corrected chi connectivity index (χ2v) is 3.38. The third-order valence-corrected chi connectivity index (χ3v) is 2.12. The first-order valence-corrected chi connectivity index (χ1v) is 4.89. The van der Waals surface area contributed by atoms with Crippen molar-refractivity contribution < 1.29 is 13.6 Å². The summed E-state index contributed by atoms with van der Waals surface area (Å²) in [5.74, 6) is -0.709. The molecule has 0 aliphatic rings. The van der Waals surface area contributed by atoms with E-state index in [1.165, 1.54) is 18.4 Å². The summed E-state index contributed by atoms with van der Waals surface area (Å²) in [4.78, 5) is 15.2. The molecule has 0 atom stereocenters. The van der Waals surface area contributed by atoms with E-state index < -0.39 is 5.91 Å². The SMILES string of the molecule is Nc1nc(C(=O)NCc2ccc(F)cc2)co1. The molecule has 0 spiro atoms. The fourth-order valence-corrected chi connectivity index (χ4v) is 1.27. The molecule has 1 aromatic heterocycles. The van der Waals surface area contributed by atoms with Crippen molar-refractivity contribution in [3.63, 3.8) is 0 Å². The molecule has 3 N–H and O–H groups in total. The zero-order valence-electron chi connectivity index (χ0n) is 8.81. The van der Waals surface area contributed by atoms with Gasteiger partial charge in [-0.25, -0.2) is 4.39 Å². The van der Waals surface area contributed by atoms with Gasteiger partial charge in [0.15, 0.2) is 5.69 Å². The molecule has 0 fully saturated rings. The van der Waals surface area contributed by atoms with E-state index in [1.54, 1.807) is 12.1 Å². The molecule has 88 valence electrons. The van der Waals surface area contributed by atoms with E-state index in [1.807, 2.05) is 0 Å². The molecular weight excluding hydrogens is 225 g/mol. The van der Waals surface area contributed by atoms with E-state index in [4.69, 9.17) is 10.2 Å². The van der Waals surface area contributed by atoms with Crippen LogP contribution in [0.4, 0.5) is 10.4 Å². The van der Waals surface area contributed by atoms with Crippen molar-refractivity contribution in [2.24, 2.45) is 0 Å². The highest BCUT2D eigenvalue weighted by Gasteiger charge is 2.10. The Hall–Kier alpha value is -2.37. The van der Waals surface area contributed by atoms with Gasteiger partial charge in [0, 0.05) is 6.54 Å². The number of nitrogens with zero attached hydrogens (tertiary/aromatic N) is 1. The number of carbonyl (C=O) groups excluding carboxylic acids is 1. The van der Waals surface area contributed by atoms with Crippen LogP contribution in [0, 0.1) is 5.82 Å². The number of nitrogen functional groups attached to an aromatic ring is 1. The molecule has 0 aliphatic carbocycles. The molecule has 1 heterocycles. The molecule has 1 aromatic carbocycles.